The fourth-order valence-electron chi connectivity index (χ4n) is 5.70. The molecule has 0 fully saturated rings. The normalized spacial score (nSPS) is 16.6. The highest BCUT2D eigenvalue weighted by molar-refractivity contribution is 6.16. The molecule has 3 aliphatic rings. The lowest BCUT2D eigenvalue weighted by Crippen LogP contribution is -2.10. The molecule has 46 heavy (non-hydrogen) atoms. The minimum Gasteiger partial charge on any atom is -0.423 e. The Hall–Kier alpha value is -6.16. The van der Waals surface area contributed by atoms with Gasteiger partial charge in [0.1, 0.15) is 11.5 Å². The molecule has 0 radical (unpaired) electrons. The summed E-state index contributed by atoms with van der Waals surface area (Å²) in [5.41, 5.74) is 3.76. The number of fused-ring (bicyclic) bond motifs is 2. The van der Waals surface area contributed by atoms with Crippen molar-refractivity contribution in [1.82, 2.24) is 0 Å². The minimum absolute atomic E-state index is 0.0355. The largest absolute Gasteiger partial charge is 0.423 e. The molecule has 0 bridgehead atoms. The van der Waals surface area contributed by atoms with Crippen LogP contribution in [0.1, 0.15) is 98.5 Å². The van der Waals surface area contributed by atoms with E-state index in [2.05, 4.69) is 15.5 Å². The van der Waals surface area contributed by atoms with Crippen LogP contribution < -0.4 is 9.47 Å². The Morgan fingerprint density at radius 3 is 1.59 bits per heavy atom. The summed E-state index contributed by atoms with van der Waals surface area (Å²) in [6, 6.07) is 22.6. The van der Waals surface area contributed by atoms with Crippen LogP contribution in [-0.2, 0) is 9.47 Å². The van der Waals surface area contributed by atoms with Crippen LogP contribution in [0.25, 0.3) is 5.57 Å². The number of carbonyl (C=O) groups is 6. The van der Waals surface area contributed by atoms with Crippen molar-refractivity contribution in [1.29, 1.82) is 0 Å². The van der Waals surface area contributed by atoms with E-state index in [1.165, 1.54) is 36.4 Å². The van der Waals surface area contributed by atoms with Gasteiger partial charge in [-0.3, -0.25) is 0 Å². The van der Waals surface area contributed by atoms with Crippen LogP contribution in [-0.4, -0.2) is 35.8 Å². The molecular weight excluding hydrogens is 592 g/mol. The average Bonchev–Trinajstić information content (AvgIpc) is 3.53. The van der Waals surface area contributed by atoms with Gasteiger partial charge in [-0.15, -0.1) is 0 Å². The van der Waals surface area contributed by atoms with E-state index >= 15 is 0 Å². The van der Waals surface area contributed by atoms with Crippen LogP contribution >= 0.6 is 0 Å². The van der Waals surface area contributed by atoms with Crippen LogP contribution in [0.4, 0.5) is 0 Å². The highest BCUT2D eigenvalue weighted by Gasteiger charge is 2.32. The fraction of sp³-hybridized carbons (Fsp3) is 0.111. The molecule has 2 heterocycles. The first kappa shape index (κ1) is 28.6. The molecule has 0 spiro atoms. The lowest BCUT2D eigenvalue weighted by Gasteiger charge is -2.22. The highest BCUT2D eigenvalue weighted by Crippen LogP contribution is 2.36. The first-order valence-electron chi connectivity index (χ1n) is 14.4. The molecule has 4 aromatic carbocycles. The van der Waals surface area contributed by atoms with Crippen LogP contribution in [0.15, 0.2) is 91.0 Å². The number of cyclic esters (lactones) is 4. The summed E-state index contributed by atoms with van der Waals surface area (Å²) in [7, 11) is 0. The monoisotopic (exact) mass is 614 g/mol. The van der Waals surface area contributed by atoms with Gasteiger partial charge in [-0.1, -0.05) is 30.3 Å². The van der Waals surface area contributed by atoms with Gasteiger partial charge >= 0.3 is 35.8 Å². The van der Waals surface area contributed by atoms with E-state index < -0.39 is 35.8 Å². The first-order valence-corrected chi connectivity index (χ1v) is 14.4. The summed E-state index contributed by atoms with van der Waals surface area (Å²) in [5, 5.41) is 0. The molecule has 0 amide bonds. The van der Waals surface area contributed by atoms with Gasteiger partial charge in [0.15, 0.2) is 0 Å². The average molecular weight is 615 g/mol. The van der Waals surface area contributed by atoms with E-state index in [4.69, 9.17) is 9.47 Å². The number of hydrogen-bond donors (Lipinski definition) is 0. The van der Waals surface area contributed by atoms with Gasteiger partial charge < -0.3 is 18.9 Å². The van der Waals surface area contributed by atoms with E-state index in [9.17, 15) is 28.8 Å². The second-order valence-electron chi connectivity index (χ2n) is 10.9. The molecule has 0 N–H and O–H groups in total. The smallest absolute Gasteiger partial charge is 0.346 e. The molecular formula is C36H22O10. The van der Waals surface area contributed by atoms with Crippen molar-refractivity contribution >= 4 is 41.4 Å². The molecule has 226 valence electrons. The third-order valence-electron chi connectivity index (χ3n) is 8.08. The van der Waals surface area contributed by atoms with Crippen LogP contribution in [0.3, 0.4) is 0 Å². The second-order valence-corrected chi connectivity index (χ2v) is 10.9. The van der Waals surface area contributed by atoms with E-state index in [1.54, 1.807) is 24.3 Å². The van der Waals surface area contributed by atoms with Crippen molar-refractivity contribution in [2.75, 3.05) is 0 Å². The third-order valence-corrected chi connectivity index (χ3v) is 8.08. The SMILES string of the molecule is O=C(Oc1ccc(C2=CC(c3ccc(OC(=O)c4ccc5c(c4)C(=O)OC5=O)cc3)CCC2)cc1)c1ccc2c(c1)C(=O)OC2=O. The number of allylic oxidation sites excluding steroid dienone is 2. The van der Waals surface area contributed by atoms with Gasteiger partial charge in [-0.25, -0.2) is 28.8 Å². The van der Waals surface area contributed by atoms with Crippen LogP contribution in [0, 0.1) is 0 Å². The second kappa shape index (κ2) is 11.4. The molecule has 1 unspecified atom stereocenters. The third kappa shape index (κ3) is 5.36. The van der Waals surface area contributed by atoms with E-state index in [0.717, 1.165) is 36.0 Å². The van der Waals surface area contributed by atoms with Gasteiger partial charge in [-0.2, -0.15) is 0 Å². The molecule has 1 atom stereocenters. The summed E-state index contributed by atoms with van der Waals surface area (Å²) < 4.78 is 20.1. The van der Waals surface area contributed by atoms with Gasteiger partial charge in [0.05, 0.1) is 33.4 Å². The Kier molecular flexibility index (Phi) is 7.09. The number of esters is 6. The van der Waals surface area contributed by atoms with Crippen molar-refractivity contribution in [3.8, 4) is 11.5 Å². The van der Waals surface area contributed by atoms with Crippen LogP contribution in [0.5, 0.6) is 11.5 Å². The number of carbonyl (C=O) groups excluding carboxylic acids is 6. The molecule has 0 aromatic heterocycles. The lowest BCUT2D eigenvalue weighted by atomic mass is 9.83. The molecule has 1 aliphatic carbocycles. The van der Waals surface area contributed by atoms with Gasteiger partial charge in [0.2, 0.25) is 0 Å². The van der Waals surface area contributed by atoms with Gasteiger partial charge in [-0.05, 0) is 96.6 Å². The number of benzene rings is 4. The maximum absolute atomic E-state index is 12.7. The predicted molar refractivity (Wildman–Crippen MR) is 160 cm³/mol. The van der Waals surface area contributed by atoms with Gasteiger partial charge in [0.25, 0.3) is 0 Å². The topological polar surface area (TPSA) is 139 Å². The summed E-state index contributed by atoms with van der Waals surface area (Å²) in [6.07, 6.45) is 5.01. The zero-order valence-corrected chi connectivity index (χ0v) is 23.9. The Bertz CT molecular complexity index is 2020. The Morgan fingerprint density at radius 2 is 1.07 bits per heavy atom. The van der Waals surface area contributed by atoms with Crippen LogP contribution in [0.2, 0.25) is 0 Å². The zero-order chi connectivity index (χ0) is 31.9. The highest BCUT2D eigenvalue weighted by atomic mass is 16.6. The Labute approximate surface area is 261 Å². The minimum atomic E-state index is -0.792. The van der Waals surface area contributed by atoms with Crippen molar-refractivity contribution in [2.24, 2.45) is 0 Å². The molecule has 0 saturated carbocycles. The van der Waals surface area contributed by atoms with Crippen molar-refractivity contribution in [2.45, 2.75) is 25.2 Å². The summed E-state index contributed by atoms with van der Waals surface area (Å²) >= 11 is 0. The zero-order valence-electron chi connectivity index (χ0n) is 23.9. The van der Waals surface area contributed by atoms with E-state index in [-0.39, 0.29) is 39.3 Å². The maximum Gasteiger partial charge on any atom is 0.346 e. The lowest BCUT2D eigenvalue weighted by molar-refractivity contribution is 0.0425. The number of hydrogen-bond acceptors (Lipinski definition) is 10. The standard InChI is InChI=1S/C36H22O10/c37-31(23-8-14-27-29(17-23)35(41)45-33(27)39)43-25-10-4-19(5-11-25)21-2-1-3-22(16-21)20-6-12-26(13-7-20)44-32(38)24-9-15-28-30(18-24)36(42)46-34(28)40/h4-18,21H,1-3H2. The van der Waals surface area contributed by atoms with Crippen molar-refractivity contribution < 1.29 is 47.7 Å². The maximum atomic E-state index is 12.7. The van der Waals surface area contributed by atoms with E-state index in [1.807, 2.05) is 24.3 Å². The van der Waals surface area contributed by atoms with Crippen molar-refractivity contribution in [3.63, 3.8) is 0 Å². The summed E-state index contributed by atoms with van der Waals surface area (Å²) in [4.78, 5) is 72.3. The summed E-state index contributed by atoms with van der Waals surface area (Å²) in [5.74, 6) is -3.57. The molecule has 10 heteroatoms. The molecule has 10 nitrogen and oxygen atoms in total. The molecule has 4 aromatic rings. The number of ether oxygens (including phenoxy) is 4. The molecule has 2 aliphatic heterocycles. The Morgan fingerprint density at radius 1 is 0.587 bits per heavy atom. The Balaban J connectivity index is 0.996. The quantitative estimate of drug-likeness (QED) is 0.142. The first-order chi connectivity index (χ1) is 22.2. The number of rotatable bonds is 6. The molecule has 7 rings (SSSR count). The fourth-order valence-corrected chi connectivity index (χ4v) is 5.70. The molecule has 0 saturated heterocycles. The van der Waals surface area contributed by atoms with E-state index in [0.29, 0.717) is 11.5 Å². The summed E-state index contributed by atoms with van der Waals surface area (Å²) in [6.45, 7) is 0. The predicted octanol–water partition coefficient (Wildman–Crippen LogP) is 6.10. The van der Waals surface area contributed by atoms with Crippen molar-refractivity contribution in [3.05, 3.63) is 136 Å². The van der Waals surface area contributed by atoms with Gasteiger partial charge in [0, 0.05) is 5.92 Å².